The number of rotatable bonds is 2. The molecule has 1 aromatic carbocycles. The van der Waals surface area contributed by atoms with Crippen molar-refractivity contribution in [1.29, 1.82) is 0 Å². The Bertz CT molecular complexity index is 1000. The number of hydrogen-bond donors (Lipinski definition) is 1. The van der Waals surface area contributed by atoms with Gasteiger partial charge in [-0.1, -0.05) is 0 Å². The smallest absolute Gasteiger partial charge is 0.410 e. The number of hydrogen-bond acceptors (Lipinski definition) is 5. The number of nitrogens with zero attached hydrogens (tertiary/aromatic N) is 2. The molecule has 0 atom stereocenters. The first-order valence-electron chi connectivity index (χ1n) is 10.8. The Balaban J connectivity index is 1.48. The van der Waals surface area contributed by atoms with Crippen LogP contribution >= 0.6 is 0 Å². The number of piperidine rings is 1. The van der Waals surface area contributed by atoms with Gasteiger partial charge in [-0.25, -0.2) is 4.79 Å². The monoisotopic (exact) mass is 413 g/mol. The lowest BCUT2D eigenvalue weighted by atomic mass is 10.00. The zero-order valence-electron chi connectivity index (χ0n) is 18.3. The zero-order valence-corrected chi connectivity index (χ0v) is 18.3. The van der Waals surface area contributed by atoms with Crippen molar-refractivity contribution in [2.75, 3.05) is 31.6 Å². The van der Waals surface area contributed by atoms with E-state index in [-0.39, 0.29) is 17.8 Å². The molecule has 7 nitrogen and oxygen atoms in total. The first-order valence-corrected chi connectivity index (χ1v) is 10.8. The van der Waals surface area contributed by atoms with Gasteiger partial charge in [0.15, 0.2) is 0 Å². The standard InChI is InChI=1S/C23H31N3O4/c1-23(2,3)30-22(28)26-12-9-15(10-13-26)29-16-7-8-19-18(14-16)20-17(21(27)24-19)6-5-11-25(20)4/h7-8,14-15H,5-6,9-13H2,1-4H3,(H,24,27). The van der Waals surface area contributed by atoms with Crippen LogP contribution in [0.4, 0.5) is 10.5 Å². The molecule has 0 saturated carbocycles. The van der Waals surface area contributed by atoms with E-state index in [9.17, 15) is 9.59 Å². The Kier molecular flexibility index (Phi) is 5.38. The van der Waals surface area contributed by atoms with Gasteiger partial charge in [-0.15, -0.1) is 0 Å². The van der Waals surface area contributed by atoms with Crippen molar-refractivity contribution in [2.24, 2.45) is 0 Å². The van der Waals surface area contributed by atoms with Crippen molar-refractivity contribution in [3.05, 3.63) is 34.1 Å². The van der Waals surface area contributed by atoms with Gasteiger partial charge in [-0.2, -0.15) is 0 Å². The van der Waals surface area contributed by atoms with Crippen LogP contribution in [0, 0.1) is 0 Å². The van der Waals surface area contributed by atoms with Gasteiger partial charge >= 0.3 is 6.09 Å². The number of carbonyl (C=O) groups is 1. The minimum Gasteiger partial charge on any atom is -0.490 e. The lowest BCUT2D eigenvalue weighted by Gasteiger charge is -2.33. The van der Waals surface area contributed by atoms with E-state index in [0.29, 0.717) is 13.1 Å². The molecular formula is C23H31N3O4. The van der Waals surface area contributed by atoms with Gasteiger partial charge in [0.25, 0.3) is 5.56 Å². The van der Waals surface area contributed by atoms with E-state index in [4.69, 9.17) is 9.47 Å². The number of H-pyrrole nitrogens is 1. The predicted octanol–water partition coefficient (Wildman–Crippen LogP) is 3.69. The first kappa shape index (κ1) is 20.6. The van der Waals surface area contributed by atoms with Crippen LogP contribution in [0.3, 0.4) is 0 Å². The number of aromatic amines is 1. The number of ether oxygens (including phenoxy) is 2. The maximum Gasteiger partial charge on any atom is 0.410 e. The molecule has 0 unspecified atom stereocenters. The topological polar surface area (TPSA) is 74.9 Å². The second-order valence-corrected chi connectivity index (χ2v) is 9.30. The van der Waals surface area contributed by atoms with Crippen molar-refractivity contribution in [1.82, 2.24) is 9.88 Å². The number of aromatic nitrogens is 1. The average Bonchev–Trinajstić information content (AvgIpc) is 2.68. The third-order valence-electron chi connectivity index (χ3n) is 5.75. The molecule has 3 heterocycles. The molecule has 0 radical (unpaired) electrons. The number of benzene rings is 1. The summed E-state index contributed by atoms with van der Waals surface area (Å²) in [5.41, 5.74) is 2.24. The SMILES string of the molecule is CN1CCCc2c1c1cc(OC3CCN(C(=O)OC(C)(C)C)CC3)ccc1[nH]c2=O. The van der Waals surface area contributed by atoms with Crippen molar-refractivity contribution >= 4 is 22.7 Å². The summed E-state index contributed by atoms with van der Waals surface area (Å²) in [5.74, 6) is 0.798. The van der Waals surface area contributed by atoms with Crippen LogP contribution in [0.15, 0.2) is 23.0 Å². The molecule has 0 spiro atoms. The van der Waals surface area contributed by atoms with Gasteiger partial charge in [-0.3, -0.25) is 4.79 Å². The molecule has 0 aliphatic carbocycles. The summed E-state index contributed by atoms with van der Waals surface area (Å²) in [6.45, 7) is 7.83. The van der Waals surface area contributed by atoms with Crippen LogP contribution in [-0.4, -0.2) is 54.4 Å². The molecule has 1 saturated heterocycles. The van der Waals surface area contributed by atoms with Crippen LogP contribution in [0.25, 0.3) is 10.9 Å². The quantitative estimate of drug-likeness (QED) is 0.813. The molecule has 1 amide bonds. The van der Waals surface area contributed by atoms with E-state index in [1.807, 2.05) is 46.0 Å². The lowest BCUT2D eigenvalue weighted by Crippen LogP contribution is -2.44. The number of likely N-dealkylation sites (tertiary alicyclic amines) is 1. The molecule has 2 aromatic rings. The van der Waals surface area contributed by atoms with Gasteiger partial charge in [0.1, 0.15) is 17.5 Å². The number of nitrogens with one attached hydrogen (secondary N) is 1. The third kappa shape index (κ3) is 4.25. The molecule has 2 aliphatic heterocycles. The molecule has 1 aromatic heterocycles. The maximum absolute atomic E-state index is 12.4. The highest BCUT2D eigenvalue weighted by Gasteiger charge is 2.28. The van der Waals surface area contributed by atoms with E-state index < -0.39 is 5.60 Å². The second kappa shape index (κ2) is 7.85. The minimum atomic E-state index is -0.483. The molecule has 7 heteroatoms. The molecule has 1 fully saturated rings. The highest BCUT2D eigenvalue weighted by atomic mass is 16.6. The molecule has 162 valence electrons. The number of anilines is 1. The summed E-state index contributed by atoms with van der Waals surface area (Å²) >= 11 is 0. The van der Waals surface area contributed by atoms with Crippen molar-refractivity contribution in [3.63, 3.8) is 0 Å². The number of fused-ring (bicyclic) bond motifs is 3. The minimum absolute atomic E-state index is 0.00670. The van der Waals surface area contributed by atoms with E-state index in [2.05, 4.69) is 9.88 Å². The highest BCUT2D eigenvalue weighted by Crippen LogP contribution is 2.33. The third-order valence-corrected chi connectivity index (χ3v) is 5.75. The summed E-state index contributed by atoms with van der Waals surface area (Å²) in [5, 5.41) is 1.02. The fourth-order valence-corrected chi connectivity index (χ4v) is 4.32. The fourth-order valence-electron chi connectivity index (χ4n) is 4.32. The van der Waals surface area contributed by atoms with Crippen molar-refractivity contribution in [2.45, 2.75) is 58.2 Å². The summed E-state index contributed by atoms with van der Waals surface area (Å²) in [4.78, 5) is 31.6. The zero-order chi connectivity index (χ0) is 21.5. The molecule has 2 aliphatic rings. The van der Waals surface area contributed by atoms with Crippen LogP contribution in [-0.2, 0) is 11.2 Å². The van der Waals surface area contributed by atoms with E-state index in [1.165, 1.54) is 0 Å². The van der Waals surface area contributed by atoms with Crippen LogP contribution < -0.4 is 15.2 Å². The lowest BCUT2D eigenvalue weighted by molar-refractivity contribution is 0.0127. The van der Waals surface area contributed by atoms with Gasteiger partial charge in [0.2, 0.25) is 0 Å². The first-order chi connectivity index (χ1) is 14.2. The fraction of sp³-hybridized carbons (Fsp3) is 0.565. The predicted molar refractivity (Wildman–Crippen MR) is 118 cm³/mol. The highest BCUT2D eigenvalue weighted by molar-refractivity contribution is 5.94. The number of carbonyl (C=O) groups excluding carboxylic acids is 1. The molecule has 4 rings (SSSR count). The summed E-state index contributed by atoms with van der Waals surface area (Å²) in [6.07, 6.45) is 3.12. The number of amides is 1. The van der Waals surface area contributed by atoms with E-state index in [0.717, 1.165) is 60.1 Å². The Morgan fingerprint density at radius 2 is 1.90 bits per heavy atom. The van der Waals surface area contributed by atoms with Crippen molar-refractivity contribution < 1.29 is 14.3 Å². The van der Waals surface area contributed by atoms with E-state index >= 15 is 0 Å². The normalized spacial score (nSPS) is 17.7. The largest absolute Gasteiger partial charge is 0.490 e. The number of pyridine rings is 1. The molecular weight excluding hydrogens is 382 g/mol. The van der Waals surface area contributed by atoms with Gasteiger partial charge in [-0.05, 0) is 51.8 Å². The van der Waals surface area contributed by atoms with Gasteiger partial charge < -0.3 is 24.3 Å². The summed E-state index contributed by atoms with van der Waals surface area (Å²) in [6, 6.07) is 5.87. The molecule has 30 heavy (non-hydrogen) atoms. The maximum atomic E-state index is 12.4. The van der Waals surface area contributed by atoms with Crippen LogP contribution in [0.2, 0.25) is 0 Å². The Hall–Kier alpha value is -2.70. The Labute approximate surface area is 177 Å². The van der Waals surface area contributed by atoms with Crippen LogP contribution in [0.5, 0.6) is 5.75 Å². The molecule has 0 bridgehead atoms. The van der Waals surface area contributed by atoms with Crippen molar-refractivity contribution in [3.8, 4) is 5.75 Å². The summed E-state index contributed by atoms with van der Waals surface area (Å²) in [7, 11) is 2.04. The van der Waals surface area contributed by atoms with E-state index in [1.54, 1.807) is 4.90 Å². The average molecular weight is 414 g/mol. The Morgan fingerprint density at radius 3 is 2.60 bits per heavy atom. The molecule has 1 N–H and O–H groups in total. The van der Waals surface area contributed by atoms with Gasteiger partial charge in [0, 0.05) is 50.5 Å². The van der Waals surface area contributed by atoms with Gasteiger partial charge in [0.05, 0.1) is 11.2 Å². The Morgan fingerprint density at radius 1 is 1.17 bits per heavy atom. The summed E-state index contributed by atoms with van der Waals surface area (Å²) < 4.78 is 11.7. The van der Waals surface area contributed by atoms with Crippen LogP contribution in [0.1, 0.15) is 45.6 Å². The second-order valence-electron chi connectivity index (χ2n) is 9.30.